The normalized spacial score (nSPS) is 23.6. The minimum Gasteiger partial charge on any atom is -0.491 e. The molecule has 0 bridgehead atoms. The lowest BCUT2D eigenvalue weighted by molar-refractivity contribution is -0.0952. The number of ether oxygens (including phenoxy) is 3. The number of hydrogen-bond acceptors (Lipinski definition) is 8. The molecule has 1 aromatic carbocycles. The van der Waals surface area contributed by atoms with Crippen LogP contribution in [0.3, 0.4) is 0 Å². The Bertz CT molecular complexity index is 980. The van der Waals surface area contributed by atoms with E-state index >= 15 is 0 Å². The number of aliphatic hydroxyl groups is 1. The molecule has 30 heavy (non-hydrogen) atoms. The highest BCUT2D eigenvalue weighted by Gasteiger charge is 2.30. The Morgan fingerprint density at radius 3 is 2.77 bits per heavy atom. The van der Waals surface area contributed by atoms with Crippen LogP contribution in [-0.4, -0.2) is 77.3 Å². The molecule has 0 spiro atoms. The molecule has 3 N–H and O–H groups in total. The number of β-amino-alcohol motifs (C(OH)–C–C–N with tert-alkyl or cyclic N) is 1. The Balaban J connectivity index is 1.53. The van der Waals surface area contributed by atoms with Crippen molar-refractivity contribution in [1.29, 1.82) is 5.41 Å². The maximum absolute atomic E-state index is 10.9. The summed E-state index contributed by atoms with van der Waals surface area (Å²) in [5, 5.41) is 23.4. The van der Waals surface area contributed by atoms with Crippen LogP contribution in [0.4, 0.5) is 5.82 Å². The van der Waals surface area contributed by atoms with Crippen LogP contribution in [0, 0.1) is 5.41 Å². The average molecular weight is 418 g/mol. The highest BCUT2D eigenvalue weighted by atomic mass is 16.5. The van der Waals surface area contributed by atoms with Gasteiger partial charge in [0, 0.05) is 38.1 Å². The van der Waals surface area contributed by atoms with E-state index in [2.05, 4.69) is 15.2 Å². The highest BCUT2D eigenvalue weighted by molar-refractivity contribution is 5.95. The number of methoxy groups -OCH3 is 1. The Labute approximate surface area is 176 Å². The first kappa shape index (κ1) is 20.9. The van der Waals surface area contributed by atoms with E-state index in [1.165, 1.54) is 0 Å². The number of nitrogens with one attached hydrogen (secondary N) is 2. The van der Waals surface area contributed by atoms with E-state index in [0.29, 0.717) is 23.6 Å². The summed E-state index contributed by atoms with van der Waals surface area (Å²) >= 11 is 0. The largest absolute Gasteiger partial charge is 0.491 e. The molecule has 164 valence electrons. The number of fused-ring (bicyclic) bond motifs is 3. The molecule has 0 radical (unpaired) electrons. The Kier molecular flexibility index (Phi) is 5.61. The van der Waals surface area contributed by atoms with E-state index in [9.17, 15) is 5.11 Å². The van der Waals surface area contributed by atoms with Crippen molar-refractivity contribution in [2.24, 2.45) is 0 Å². The maximum atomic E-state index is 10.9. The highest BCUT2D eigenvalue weighted by Crippen LogP contribution is 2.37. The van der Waals surface area contributed by atoms with Gasteiger partial charge in [-0.25, -0.2) is 4.98 Å². The summed E-state index contributed by atoms with van der Waals surface area (Å²) in [4.78, 5) is 6.64. The SMILES string of the molecule is COc1c(OC[C@](C)(O)CN2C[C@@H](C)O[C@@H](C)C2)ccc2c3n(c(=N)nc12)CCN3. The second-order valence-corrected chi connectivity index (χ2v) is 8.59. The Hall–Kier alpha value is -2.36. The van der Waals surface area contributed by atoms with E-state index in [1.54, 1.807) is 14.0 Å². The van der Waals surface area contributed by atoms with Gasteiger partial charge in [0.2, 0.25) is 5.62 Å². The second-order valence-electron chi connectivity index (χ2n) is 8.59. The van der Waals surface area contributed by atoms with Gasteiger partial charge in [-0.15, -0.1) is 0 Å². The number of morpholine rings is 1. The molecule has 4 rings (SSSR count). The third-order valence-electron chi connectivity index (χ3n) is 5.52. The van der Waals surface area contributed by atoms with Crippen molar-refractivity contribution in [3.63, 3.8) is 0 Å². The van der Waals surface area contributed by atoms with Gasteiger partial charge >= 0.3 is 0 Å². The van der Waals surface area contributed by atoms with Crippen LogP contribution >= 0.6 is 0 Å². The first-order valence-corrected chi connectivity index (χ1v) is 10.4. The van der Waals surface area contributed by atoms with Crippen molar-refractivity contribution >= 4 is 16.7 Å². The lowest BCUT2D eigenvalue weighted by Gasteiger charge is -2.38. The molecule has 0 unspecified atom stereocenters. The molecule has 2 aromatic rings. The summed E-state index contributed by atoms with van der Waals surface area (Å²) in [5.74, 6) is 1.85. The zero-order chi connectivity index (χ0) is 21.5. The second kappa shape index (κ2) is 8.05. The summed E-state index contributed by atoms with van der Waals surface area (Å²) in [7, 11) is 1.56. The molecule has 3 atom stereocenters. The minimum absolute atomic E-state index is 0.112. The van der Waals surface area contributed by atoms with Crippen LogP contribution in [0.25, 0.3) is 10.9 Å². The number of aromatic nitrogens is 2. The first-order chi connectivity index (χ1) is 14.3. The Morgan fingerprint density at radius 2 is 2.07 bits per heavy atom. The van der Waals surface area contributed by atoms with E-state index in [0.717, 1.165) is 37.4 Å². The van der Waals surface area contributed by atoms with Crippen LogP contribution in [0.15, 0.2) is 12.1 Å². The van der Waals surface area contributed by atoms with Gasteiger partial charge in [0.1, 0.15) is 23.5 Å². The molecule has 1 saturated heterocycles. The topological polar surface area (TPSA) is 105 Å². The van der Waals surface area contributed by atoms with Gasteiger partial charge in [0.15, 0.2) is 11.5 Å². The third-order valence-corrected chi connectivity index (χ3v) is 5.52. The van der Waals surface area contributed by atoms with Gasteiger partial charge in [-0.05, 0) is 32.9 Å². The van der Waals surface area contributed by atoms with Gasteiger partial charge in [0.25, 0.3) is 0 Å². The number of anilines is 1. The molecule has 0 aliphatic carbocycles. The number of hydrogen-bond donors (Lipinski definition) is 3. The molecule has 9 nitrogen and oxygen atoms in total. The van der Waals surface area contributed by atoms with Crippen molar-refractivity contribution in [3.8, 4) is 11.5 Å². The molecule has 1 fully saturated rings. The minimum atomic E-state index is -1.04. The molecular formula is C21H31N5O4. The quantitative estimate of drug-likeness (QED) is 0.648. The summed E-state index contributed by atoms with van der Waals surface area (Å²) in [6.07, 6.45) is 0.286. The molecule has 9 heteroatoms. The number of rotatable bonds is 6. The van der Waals surface area contributed by atoms with Crippen molar-refractivity contribution in [2.75, 3.05) is 45.2 Å². The molecule has 2 aliphatic heterocycles. The van der Waals surface area contributed by atoms with E-state index in [-0.39, 0.29) is 24.4 Å². The summed E-state index contributed by atoms with van der Waals surface area (Å²) < 4.78 is 19.2. The Morgan fingerprint density at radius 1 is 1.33 bits per heavy atom. The van der Waals surface area contributed by atoms with Crippen LogP contribution in [0.5, 0.6) is 11.5 Å². The van der Waals surface area contributed by atoms with Gasteiger partial charge in [-0.2, -0.15) is 0 Å². The average Bonchev–Trinajstić information content (AvgIpc) is 3.15. The summed E-state index contributed by atoms with van der Waals surface area (Å²) in [6.45, 7) is 9.53. The predicted molar refractivity (Wildman–Crippen MR) is 113 cm³/mol. The van der Waals surface area contributed by atoms with Crippen LogP contribution < -0.4 is 20.4 Å². The van der Waals surface area contributed by atoms with Crippen molar-refractivity contribution in [3.05, 3.63) is 17.8 Å². The van der Waals surface area contributed by atoms with E-state index in [4.69, 9.17) is 19.6 Å². The van der Waals surface area contributed by atoms with Crippen molar-refractivity contribution in [2.45, 2.75) is 45.1 Å². The predicted octanol–water partition coefficient (Wildman–Crippen LogP) is 1.19. The number of benzene rings is 1. The zero-order valence-electron chi connectivity index (χ0n) is 18.1. The fourth-order valence-corrected chi connectivity index (χ4v) is 4.45. The number of nitrogens with zero attached hydrogens (tertiary/aromatic N) is 3. The van der Waals surface area contributed by atoms with Crippen LogP contribution in [0.2, 0.25) is 0 Å². The zero-order valence-corrected chi connectivity index (χ0v) is 18.1. The van der Waals surface area contributed by atoms with E-state index in [1.807, 2.05) is 30.5 Å². The van der Waals surface area contributed by atoms with Crippen molar-refractivity contribution in [1.82, 2.24) is 14.5 Å². The molecule has 2 aliphatic rings. The third kappa shape index (κ3) is 4.10. The summed E-state index contributed by atoms with van der Waals surface area (Å²) in [5.41, 5.74) is -0.281. The fraction of sp³-hybridized carbons (Fsp3) is 0.619. The lowest BCUT2D eigenvalue weighted by atomic mass is 10.1. The van der Waals surface area contributed by atoms with Crippen molar-refractivity contribution < 1.29 is 19.3 Å². The van der Waals surface area contributed by atoms with Gasteiger partial charge in [-0.1, -0.05) is 0 Å². The van der Waals surface area contributed by atoms with Crippen LogP contribution in [-0.2, 0) is 11.3 Å². The molecule has 1 aromatic heterocycles. The lowest BCUT2D eigenvalue weighted by Crippen LogP contribution is -2.52. The molecular weight excluding hydrogens is 386 g/mol. The standard InChI is InChI=1S/C21H31N5O4/c1-13-9-25(10-14(2)30-13)11-21(3,27)12-29-16-6-5-15-17(18(16)28-4)24-20(22)26-8-7-23-19(15)26/h5-6,13-14,22-23,27H,7-12H2,1-4H3/t13-,14+,21-/m1/s1. The van der Waals surface area contributed by atoms with Gasteiger partial charge < -0.3 is 24.6 Å². The van der Waals surface area contributed by atoms with Crippen LogP contribution in [0.1, 0.15) is 20.8 Å². The van der Waals surface area contributed by atoms with Gasteiger partial charge in [0.05, 0.1) is 19.3 Å². The maximum Gasteiger partial charge on any atom is 0.224 e. The first-order valence-electron chi connectivity index (χ1n) is 10.4. The van der Waals surface area contributed by atoms with Gasteiger partial charge in [-0.3, -0.25) is 14.9 Å². The summed E-state index contributed by atoms with van der Waals surface area (Å²) in [6, 6.07) is 3.76. The van der Waals surface area contributed by atoms with E-state index < -0.39 is 5.60 Å². The molecule has 0 amide bonds. The monoisotopic (exact) mass is 417 g/mol. The molecule has 0 saturated carbocycles. The smallest absolute Gasteiger partial charge is 0.224 e. The molecule has 3 heterocycles. The fourth-order valence-electron chi connectivity index (χ4n) is 4.45.